The number of benzene rings is 1. The van der Waals surface area contributed by atoms with Crippen molar-refractivity contribution in [3.05, 3.63) is 29.3 Å². The quantitative estimate of drug-likeness (QED) is 0.200. The molecule has 35 heavy (non-hydrogen) atoms. The van der Waals surface area contributed by atoms with Crippen molar-refractivity contribution in [1.82, 2.24) is 0 Å². The zero-order valence-electron chi connectivity index (χ0n) is 21.9. The Bertz CT molecular complexity index is 780. The molecule has 6 heteroatoms. The first-order chi connectivity index (χ1) is 17.0. The maximum Gasteiger partial charge on any atom is 0.306 e. The van der Waals surface area contributed by atoms with E-state index in [0.29, 0.717) is 18.3 Å². The molecular weight excluding hydrogens is 444 g/mol. The van der Waals surface area contributed by atoms with Crippen LogP contribution in [0.2, 0.25) is 0 Å². The lowest BCUT2D eigenvalue weighted by Gasteiger charge is -2.33. The Kier molecular flexibility index (Phi) is 11.3. The lowest BCUT2D eigenvalue weighted by Crippen LogP contribution is -2.30. The zero-order valence-corrected chi connectivity index (χ0v) is 21.9. The van der Waals surface area contributed by atoms with Crippen molar-refractivity contribution >= 4 is 5.97 Å². The molecule has 0 aliphatic heterocycles. The third kappa shape index (κ3) is 7.93. The minimum Gasteiger partial charge on any atom is -0.488 e. The number of hydrogen-bond donors (Lipinski definition) is 2. The zero-order chi connectivity index (χ0) is 25.2. The van der Waals surface area contributed by atoms with Gasteiger partial charge in [0, 0.05) is 13.5 Å². The average Bonchev–Trinajstić information content (AvgIpc) is 3.18. The van der Waals surface area contributed by atoms with Gasteiger partial charge in [0.2, 0.25) is 0 Å². The molecule has 198 valence electrons. The van der Waals surface area contributed by atoms with E-state index in [1.165, 1.54) is 18.2 Å². The van der Waals surface area contributed by atoms with Crippen molar-refractivity contribution in [2.75, 3.05) is 13.7 Å². The van der Waals surface area contributed by atoms with Gasteiger partial charge in [-0.3, -0.25) is 4.79 Å². The van der Waals surface area contributed by atoms with Crippen LogP contribution in [-0.4, -0.2) is 48.4 Å². The highest BCUT2D eigenvalue weighted by atomic mass is 16.6. The summed E-state index contributed by atoms with van der Waals surface area (Å²) in [6.45, 7) is 4.36. The van der Waals surface area contributed by atoms with Crippen molar-refractivity contribution in [2.24, 2.45) is 17.8 Å². The molecule has 1 aromatic carbocycles. The maximum atomic E-state index is 12.5. The van der Waals surface area contributed by atoms with E-state index in [9.17, 15) is 15.0 Å². The normalized spacial score (nSPS) is 24.9. The Morgan fingerprint density at radius 3 is 2.63 bits per heavy atom. The van der Waals surface area contributed by atoms with E-state index in [0.717, 1.165) is 76.4 Å². The third-order valence-electron chi connectivity index (χ3n) is 7.96. The summed E-state index contributed by atoms with van der Waals surface area (Å²) in [6.07, 6.45) is 9.61. The van der Waals surface area contributed by atoms with Gasteiger partial charge in [0.1, 0.15) is 18.5 Å². The smallest absolute Gasteiger partial charge is 0.306 e. The number of esters is 1. The first kappa shape index (κ1) is 27.9. The fraction of sp³-hybridized carbons (Fsp3) is 0.759. The molecule has 0 saturated heterocycles. The number of carbonyl (C=O) groups excluding carboxylic acids is 1. The second-order valence-corrected chi connectivity index (χ2v) is 10.5. The molecule has 2 aliphatic rings. The molecule has 0 aromatic heterocycles. The highest BCUT2D eigenvalue weighted by Gasteiger charge is 2.47. The molecule has 0 bridgehead atoms. The van der Waals surface area contributed by atoms with Crippen molar-refractivity contribution in [3.8, 4) is 5.75 Å². The summed E-state index contributed by atoms with van der Waals surface area (Å²) in [6, 6.07) is 6.14. The third-order valence-corrected chi connectivity index (χ3v) is 7.96. The van der Waals surface area contributed by atoms with Gasteiger partial charge in [0.25, 0.3) is 0 Å². The predicted octanol–water partition coefficient (Wildman–Crippen LogP) is 5.20. The van der Waals surface area contributed by atoms with Crippen LogP contribution < -0.4 is 4.74 Å². The first-order valence-corrected chi connectivity index (χ1v) is 13.8. The number of hydrogen-bond acceptors (Lipinski definition) is 6. The predicted molar refractivity (Wildman–Crippen MR) is 136 cm³/mol. The molecule has 0 radical (unpaired) electrons. The molecule has 0 spiro atoms. The summed E-state index contributed by atoms with van der Waals surface area (Å²) in [5, 5.41) is 20.3. The summed E-state index contributed by atoms with van der Waals surface area (Å²) in [7, 11) is 1.46. The van der Waals surface area contributed by atoms with Gasteiger partial charge in [0.05, 0.1) is 6.10 Å². The number of aliphatic hydroxyl groups excluding tert-OH is 2. The molecule has 0 amide bonds. The monoisotopic (exact) mass is 490 g/mol. The standard InChI is InChI=1S/C29H46O6/c1-4-6-8-11-22(30)14-15-23-24-16-20-10-9-12-26(34-19-29(32)33-3)25(20)17-21(24)18-27(23)35-28(31)13-7-5-2/h9-10,12,21-24,27,29-30,32H,4-8,11,13-19H2,1-3H3/t21-,22-,23+,24-,27+,29?/m0/s1. The van der Waals surface area contributed by atoms with E-state index in [1.807, 2.05) is 12.1 Å². The molecule has 3 rings (SSSR count). The average molecular weight is 491 g/mol. The van der Waals surface area contributed by atoms with E-state index >= 15 is 0 Å². The van der Waals surface area contributed by atoms with Crippen LogP contribution in [0.1, 0.15) is 89.2 Å². The number of rotatable bonds is 15. The van der Waals surface area contributed by atoms with Crippen LogP contribution in [0.25, 0.3) is 0 Å². The van der Waals surface area contributed by atoms with Crippen LogP contribution >= 0.6 is 0 Å². The fourth-order valence-electron chi connectivity index (χ4n) is 5.98. The van der Waals surface area contributed by atoms with Gasteiger partial charge in [-0.15, -0.1) is 0 Å². The SMILES string of the molecule is CCCCC[C@H](O)CC[C@@H]1[C@H]2Cc3cccc(OCC(O)OC)c3C[C@H]2C[C@H]1OC(=O)CCCC. The maximum absolute atomic E-state index is 12.5. The van der Waals surface area contributed by atoms with Crippen LogP contribution in [0.4, 0.5) is 0 Å². The molecular formula is C29H46O6. The van der Waals surface area contributed by atoms with Crippen LogP contribution in [0.15, 0.2) is 18.2 Å². The lowest BCUT2D eigenvalue weighted by atomic mass is 9.73. The molecule has 1 aromatic rings. The van der Waals surface area contributed by atoms with Crippen LogP contribution in [-0.2, 0) is 27.1 Å². The van der Waals surface area contributed by atoms with Crippen molar-refractivity contribution in [3.63, 3.8) is 0 Å². The minimum atomic E-state index is -0.950. The van der Waals surface area contributed by atoms with Crippen molar-refractivity contribution in [1.29, 1.82) is 0 Å². The van der Waals surface area contributed by atoms with E-state index in [4.69, 9.17) is 14.2 Å². The number of fused-ring (bicyclic) bond motifs is 2. The summed E-state index contributed by atoms with van der Waals surface area (Å²) in [4.78, 5) is 12.5. The number of ether oxygens (including phenoxy) is 3. The van der Waals surface area contributed by atoms with Crippen molar-refractivity contribution < 1.29 is 29.2 Å². The molecule has 6 nitrogen and oxygen atoms in total. The molecule has 0 heterocycles. The highest BCUT2D eigenvalue weighted by molar-refractivity contribution is 5.69. The van der Waals surface area contributed by atoms with Gasteiger partial charge < -0.3 is 24.4 Å². The number of unbranched alkanes of at least 4 members (excludes halogenated alkanes) is 3. The number of carbonyl (C=O) groups is 1. The summed E-state index contributed by atoms with van der Waals surface area (Å²) >= 11 is 0. The van der Waals surface area contributed by atoms with Gasteiger partial charge in [0.15, 0.2) is 6.29 Å². The van der Waals surface area contributed by atoms with Gasteiger partial charge in [-0.25, -0.2) is 0 Å². The van der Waals surface area contributed by atoms with Crippen molar-refractivity contribution in [2.45, 2.75) is 109 Å². The summed E-state index contributed by atoms with van der Waals surface area (Å²) < 4.78 is 16.9. The van der Waals surface area contributed by atoms with Crippen LogP contribution in [0.5, 0.6) is 5.75 Å². The molecule has 2 aliphatic carbocycles. The largest absolute Gasteiger partial charge is 0.488 e. The Morgan fingerprint density at radius 1 is 1.09 bits per heavy atom. The molecule has 1 saturated carbocycles. The summed E-state index contributed by atoms with van der Waals surface area (Å²) in [5.74, 6) is 1.86. The van der Waals surface area contributed by atoms with E-state index in [1.54, 1.807) is 0 Å². The molecule has 2 N–H and O–H groups in total. The van der Waals surface area contributed by atoms with Gasteiger partial charge in [-0.2, -0.15) is 0 Å². The Labute approximate surface area is 211 Å². The van der Waals surface area contributed by atoms with Crippen LogP contribution in [0.3, 0.4) is 0 Å². The van der Waals surface area contributed by atoms with Gasteiger partial charge >= 0.3 is 5.97 Å². The minimum absolute atomic E-state index is 0.0776. The Morgan fingerprint density at radius 2 is 1.89 bits per heavy atom. The van der Waals surface area contributed by atoms with Gasteiger partial charge in [-0.05, 0) is 79.9 Å². The second-order valence-electron chi connectivity index (χ2n) is 10.5. The molecule has 1 unspecified atom stereocenters. The van der Waals surface area contributed by atoms with E-state index in [-0.39, 0.29) is 30.7 Å². The molecule has 1 fully saturated rings. The second kappa shape index (κ2) is 14.2. The lowest BCUT2D eigenvalue weighted by molar-refractivity contribution is -0.151. The first-order valence-electron chi connectivity index (χ1n) is 13.8. The van der Waals surface area contributed by atoms with E-state index < -0.39 is 6.29 Å². The molecule has 6 atom stereocenters. The topological polar surface area (TPSA) is 85.2 Å². The highest BCUT2D eigenvalue weighted by Crippen LogP contribution is 2.49. The number of methoxy groups -OCH3 is 1. The van der Waals surface area contributed by atoms with Gasteiger partial charge in [-0.1, -0.05) is 51.7 Å². The Balaban J connectivity index is 1.71. The fourth-order valence-corrected chi connectivity index (χ4v) is 5.98. The number of aliphatic hydroxyl groups is 2. The Hall–Kier alpha value is -1.63. The summed E-state index contributed by atoms with van der Waals surface area (Å²) in [5.41, 5.74) is 2.48. The van der Waals surface area contributed by atoms with E-state index in [2.05, 4.69) is 19.9 Å². The van der Waals surface area contributed by atoms with Crippen LogP contribution in [0, 0.1) is 17.8 Å².